The zero-order valence-corrected chi connectivity index (χ0v) is 12.4. The number of carbonyl (C=O) groups is 3. The van der Waals surface area contributed by atoms with Crippen LogP contribution in [0.3, 0.4) is 0 Å². The van der Waals surface area contributed by atoms with Crippen LogP contribution in [0.4, 0.5) is 4.79 Å². The Morgan fingerprint density at radius 1 is 1.24 bits per heavy atom. The zero-order valence-electron chi connectivity index (χ0n) is 12.4. The van der Waals surface area contributed by atoms with Crippen molar-refractivity contribution < 1.29 is 19.5 Å². The van der Waals surface area contributed by atoms with Gasteiger partial charge in [-0.15, -0.1) is 0 Å². The highest BCUT2D eigenvalue weighted by molar-refractivity contribution is 5.86. The summed E-state index contributed by atoms with van der Waals surface area (Å²) in [6, 6.07) is -0.708. The summed E-state index contributed by atoms with van der Waals surface area (Å²) in [5.74, 6) is -1.93. The van der Waals surface area contributed by atoms with Crippen molar-refractivity contribution in [2.45, 2.75) is 32.2 Å². The second kappa shape index (κ2) is 8.46. The van der Waals surface area contributed by atoms with Crippen LogP contribution in [0.2, 0.25) is 0 Å². The van der Waals surface area contributed by atoms with Gasteiger partial charge < -0.3 is 26.0 Å². The number of likely N-dealkylation sites (tertiary alicyclic amines) is 1. The Hall–Kier alpha value is -1.83. The van der Waals surface area contributed by atoms with E-state index in [0.29, 0.717) is 6.54 Å². The van der Waals surface area contributed by atoms with E-state index in [2.05, 4.69) is 10.2 Å². The summed E-state index contributed by atoms with van der Waals surface area (Å²) in [5, 5.41) is 11.5. The number of carbonyl (C=O) groups excluding carboxylic acids is 2. The lowest BCUT2D eigenvalue weighted by Gasteiger charge is -2.30. The van der Waals surface area contributed by atoms with E-state index in [4.69, 9.17) is 10.8 Å². The van der Waals surface area contributed by atoms with Crippen LogP contribution in [0.5, 0.6) is 0 Å². The third-order valence-corrected chi connectivity index (χ3v) is 3.31. The number of carboxylic acids is 1. The van der Waals surface area contributed by atoms with E-state index in [1.165, 1.54) is 6.42 Å². The molecule has 21 heavy (non-hydrogen) atoms. The summed E-state index contributed by atoms with van der Waals surface area (Å²) in [5.41, 5.74) is 5.03. The van der Waals surface area contributed by atoms with Crippen LogP contribution in [0, 0.1) is 0 Å². The highest BCUT2D eigenvalue weighted by Gasteiger charge is 2.21. The smallest absolute Gasteiger partial charge is 0.323 e. The Labute approximate surface area is 124 Å². The number of piperidine rings is 1. The highest BCUT2D eigenvalue weighted by Crippen LogP contribution is 2.08. The van der Waals surface area contributed by atoms with Gasteiger partial charge >= 0.3 is 12.0 Å². The minimum atomic E-state index is -1.19. The molecule has 120 valence electrons. The van der Waals surface area contributed by atoms with Gasteiger partial charge in [-0.05, 0) is 32.9 Å². The lowest BCUT2D eigenvalue weighted by Crippen LogP contribution is -2.51. The van der Waals surface area contributed by atoms with Crippen molar-refractivity contribution in [1.29, 1.82) is 0 Å². The van der Waals surface area contributed by atoms with E-state index in [1.807, 2.05) is 6.92 Å². The topological polar surface area (TPSA) is 116 Å². The average molecular weight is 300 g/mol. The van der Waals surface area contributed by atoms with Gasteiger partial charge in [0.2, 0.25) is 5.91 Å². The van der Waals surface area contributed by atoms with E-state index >= 15 is 0 Å². The molecular formula is C13H24N4O4. The molecule has 1 fully saturated rings. The number of nitrogens with zero attached hydrogens (tertiary/aromatic N) is 2. The first-order valence-electron chi connectivity index (χ1n) is 7.16. The number of nitrogens with two attached hydrogens (primary N) is 1. The molecule has 0 aliphatic carbocycles. The van der Waals surface area contributed by atoms with Gasteiger partial charge in [0.1, 0.15) is 13.1 Å². The molecule has 1 rings (SSSR count). The van der Waals surface area contributed by atoms with Gasteiger partial charge in [0.05, 0.1) is 0 Å². The van der Waals surface area contributed by atoms with Crippen LogP contribution in [-0.4, -0.2) is 71.6 Å². The number of primary amides is 1. The molecule has 1 unspecified atom stereocenters. The zero-order chi connectivity index (χ0) is 15.8. The van der Waals surface area contributed by atoms with Crippen molar-refractivity contribution in [1.82, 2.24) is 15.1 Å². The molecule has 0 bridgehead atoms. The number of urea groups is 1. The molecule has 0 radical (unpaired) electrons. The van der Waals surface area contributed by atoms with Crippen molar-refractivity contribution in [3.05, 3.63) is 0 Å². The molecule has 4 N–H and O–H groups in total. The summed E-state index contributed by atoms with van der Waals surface area (Å²) >= 11 is 0. The standard InChI is InChI=1S/C13H24N4O4/c1-10(7-16-5-3-2-4-6-16)15-13(21)17(8-11(14)18)9-12(19)20/h10H,2-9H2,1H3,(H2,14,18)(H,15,21)(H,19,20). The van der Waals surface area contributed by atoms with Crippen LogP contribution in [-0.2, 0) is 9.59 Å². The highest BCUT2D eigenvalue weighted by atomic mass is 16.4. The van der Waals surface area contributed by atoms with Gasteiger partial charge in [-0.1, -0.05) is 6.42 Å². The fourth-order valence-electron chi connectivity index (χ4n) is 2.43. The maximum absolute atomic E-state index is 12.0. The average Bonchev–Trinajstić information content (AvgIpc) is 2.37. The van der Waals surface area contributed by atoms with Crippen LogP contribution >= 0.6 is 0 Å². The van der Waals surface area contributed by atoms with Crippen molar-refractivity contribution in [2.24, 2.45) is 5.73 Å². The Kier molecular flexibility index (Phi) is 6.93. The molecule has 1 atom stereocenters. The summed E-state index contributed by atoms with van der Waals surface area (Å²) in [4.78, 5) is 36.8. The Morgan fingerprint density at radius 2 is 1.86 bits per heavy atom. The normalized spacial score (nSPS) is 17.0. The maximum atomic E-state index is 12.0. The molecule has 8 heteroatoms. The molecule has 1 heterocycles. The minimum absolute atomic E-state index is 0.125. The molecule has 0 aromatic rings. The molecule has 3 amide bonds. The minimum Gasteiger partial charge on any atom is -0.480 e. The van der Waals surface area contributed by atoms with Crippen LogP contribution in [0.15, 0.2) is 0 Å². The van der Waals surface area contributed by atoms with E-state index in [1.54, 1.807) is 0 Å². The number of nitrogens with one attached hydrogen (secondary N) is 1. The third kappa shape index (κ3) is 6.94. The van der Waals surface area contributed by atoms with Gasteiger partial charge in [0.25, 0.3) is 0 Å². The second-order valence-electron chi connectivity index (χ2n) is 5.43. The Balaban J connectivity index is 2.46. The largest absolute Gasteiger partial charge is 0.480 e. The fourth-order valence-corrected chi connectivity index (χ4v) is 2.43. The summed E-state index contributed by atoms with van der Waals surface area (Å²) < 4.78 is 0. The van der Waals surface area contributed by atoms with Crippen molar-refractivity contribution in [3.63, 3.8) is 0 Å². The number of hydrogen-bond acceptors (Lipinski definition) is 4. The van der Waals surface area contributed by atoms with E-state index in [0.717, 1.165) is 30.8 Å². The first-order chi connectivity index (χ1) is 9.88. The first kappa shape index (κ1) is 17.2. The van der Waals surface area contributed by atoms with Gasteiger partial charge in [0.15, 0.2) is 0 Å². The first-order valence-corrected chi connectivity index (χ1v) is 7.16. The molecule has 1 saturated heterocycles. The number of aliphatic carboxylic acids is 1. The monoisotopic (exact) mass is 300 g/mol. The maximum Gasteiger partial charge on any atom is 0.323 e. The lowest BCUT2D eigenvalue weighted by atomic mass is 10.1. The van der Waals surface area contributed by atoms with Crippen LogP contribution < -0.4 is 11.1 Å². The number of amides is 3. The van der Waals surface area contributed by atoms with Crippen molar-refractivity contribution in [3.8, 4) is 0 Å². The van der Waals surface area contributed by atoms with E-state index in [9.17, 15) is 14.4 Å². The molecule has 8 nitrogen and oxygen atoms in total. The van der Waals surface area contributed by atoms with Gasteiger partial charge in [-0.25, -0.2) is 4.79 Å². The fraction of sp³-hybridized carbons (Fsp3) is 0.769. The lowest BCUT2D eigenvalue weighted by molar-refractivity contribution is -0.137. The van der Waals surface area contributed by atoms with Gasteiger partial charge in [0, 0.05) is 12.6 Å². The Bertz CT molecular complexity index is 366. The molecular weight excluding hydrogens is 276 g/mol. The van der Waals surface area contributed by atoms with Crippen LogP contribution in [0.25, 0.3) is 0 Å². The van der Waals surface area contributed by atoms with Gasteiger partial charge in [-0.3, -0.25) is 9.59 Å². The third-order valence-electron chi connectivity index (χ3n) is 3.31. The van der Waals surface area contributed by atoms with Crippen molar-refractivity contribution >= 4 is 17.9 Å². The Morgan fingerprint density at radius 3 is 2.38 bits per heavy atom. The predicted molar refractivity (Wildman–Crippen MR) is 76.7 cm³/mol. The number of hydrogen-bond donors (Lipinski definition) is 3. The molecule has 1 aliphatic heterocycles. The number of rotatable bonds is 7. The quantitative estimate of drug-likeness (QED) is 0.583. The molecule has 0 aromatic heterocycles. The molecule has 0 saturated carbocycles. The predicted octanol–water partition coefficient (Wildman–Crippen LogP) is -0.558. The summed E-state index contributed by atoms with van der Waals surface area (Å²) in [6.07, 6.45) is 3.56. The SMILES string of the molecule is CC(CN1CCCCC1)NC(=O)N(CC(N)=O)CC(=O)O. The number of carboxylic acid groups (broad SMARTS) is 1. The van der Waals surface area contributed by atoms with Gasteiger partial charge in [-0.2, -0.15) is 0 Å². The van der Waals surface area contributed by atoms with E-state index in [-0.39, 0.29) is 6.04 Å². The van der Waals surface area contributed by atoms with Crippen molar-refractivity contribution in [2.75, 3.05) is 32.7 Å². The second-order valence-corrected chi connectivity index (χ2v) is 5.43. The summed E-state index contributed by atoms with van der Waals surface area (Å²) in [6.45, 7) is 3.64. The summed E-state index contributed by atoms with van der Waals surface area (Å²) in [7, 11) is 0. The molecule has 1 aliphatic rings. The van der Waals surface area contributed by atoms with Crippen LogP contribution in [0.1, 0.15) is 26.2 Å². The molecule has 0 spiro atoms. The van der Waals surface area contributed by atoms with E-state index < -0.39 is 31.0 Å². The molecule has 0 aromatic carbocycles.